The molecule has 3 aromatic rings. The molecule has 172 valence electrons. The molecule has 0 saturated heterocycles. The number of benzene rings is 3. The second-order valence-corrected chi connectivity index (χ2v) is 7.68. The van der Waals surface area contributed by atoms with E-state index in [1.165, 1.54) is 6.21 Å². The highest BCUT2D eigenvalue weighted by Gasteiger charge is 2.16. The number of rotatable bonds is 7. The van der Waals surface area contributed by atoms with Gasteiger partial charge in [0.2, 0.25) is 6.79 Å². The van der Waals surface area contributed by atoms with Crippen molar-refractivity contribution in [3.63, 3.8) is 0 Å². The number of amides is 2. The average molecular weight is 457 g/mol. The Hall–Kier alpha value is -4.59. The van der Waals surface area contributed by atoms with Gasteiger partial charge in [-0.2, -0.15) is 5.10 Å². The number of carbonyl (C=O) groups excluding carboxylic acids is 2. The normalized spacial score (nSPS) is 12.5. The summed E-state index contributed by atoms with van der Waals surface area (Å²) in [5.74, 6) is 0.220. The molecule has 0 spiro atoms. The van der Waals surface area contributed by atoms with Crippen LogP contribution in [0.3, 0.4) is 0 Å². The van der Waals surface area contributed by atoms with Crippen molar-refractivity contribution in [1.29, 1.82) is 0 Å². The molecule has 0 radical (unpaired) electrons. The molecule has 0 bridgehead atoms. The number of nitrogens with zero attached hydrogens (tertiary/aromatic N) is 2. The number of fused-ring (bicyclic) bond motifs is 1. The highest BCUT2D eigenvalue weighted by atomic mass is 16.7. The van der Waals surface area contributed by atoms with Gasteiger partial charge in [-0.3, -0.25) is 9.59 Å². The topological polar surface area (TPSA) is 92.3 Å². The van der Waals surface area contributed by atoms with Crippen molar-refractivity contribution in [1.82, 2.24) is 10.7 Å². The Kier molecular flexibility index (Phi) is 6.88. The van der Waals surface area contributed by atoms with Crippen LogP contribution in [0.2, 0.25) is 0 Å². The zero-order chi connectivity index (χ0) is 23.9. The molecule has 0 fully saturated rings. The Morgan fingerprint density at radius 3 is 2.35 bits per heavy atom. The van der Waals surface area contributed by atoms with Crippen molar-refractivity contribution >= 4 is 29.8 Å². The Bertz CT molecular complexity index is 1240. The lowest BCUT2D eigenvalue weighted by atomic mass is 10.1. The number of hydrazone groups is 1. The van der Waals surface area contributed by atoms with Gasteiger partial charge in [-0.25, -0.2) is 5.43 Å². The second kappa shape index (κ2) is 10.4. The molecule has 1 aliphatic rings. The van der Waals surface area contributed by atoms with Gasteiger partial charge in [-0.1, -0.05) is 36.4 Å². The molecule has 34 heavy (non-hydrogen) atoms. The Morgan fingerprint density at radius 1 is 0.912 bits per heavy atom. The van der Waals surface area contributed by atoms with Crippen molar-refractivity contribution in [2.45, 2.75) is 0 Å². The molecule has 4 rings (SSSR count). The van der Waals surface area contributed by atoms with E-state index in [0.29, 0.717) is 22.6 Å². The molecule has 0 saturated carbocycles. The standard InChI is InChI=1S/C26H24N4O4/c1-30(2)21-11-8-18(9-12-21)16-27-29-26(32)22(28-25(31)20-6-4-3-5-7-20)14-19-10-13-23-24(15-19)34-17-33-23/h3-16H,17H2,1-2H3,(H,28,31)(H,29,32)/b22-14+,27-16+. The van der Waals surface area contributed by atoms with Gasteiger partial charge in [-0.05, 0) is 53.6 Å². The molecule has 0 atom stereocenters. The predicted octanol–water partition coefficient (Wildman–Crippen LogP) is 3.40. The van der Waals surface area contributed by atoms with Crippen LogP contribution in [0.4, 0.5) is 5.69 Å². The van der Waals surface area contributed by atoms with Crippen LogP contribution in [0.5, 0.6) is 11.5 Å². The van der Waals surface area contributed by atoms with Gasteiger partial charge in [-0.15, -0.1) is 0 Å². The molecule has 3 aromatic carbocycles. The van der Waals surface area contributed by atoms with E-state index in [0.717, 1.165) is 11.3 Å². The Morgan fingerprint density at radius 2 is 1.62 bits per heavy atom. The molecular formula is C26H24N4O4. The highest BCUT2D eigenvalue weighted by molar-refractivity contribution is 6.05. The maximum absolute atomic E-state index is 12.9. The van der Waals surface area contributed by atoms with Gasteiger partial charge < -0.3 is 19.7 Å². The third kappa shape index (κ3) is 5.60. The van der Waals surface area contributed by atoms with E-state index in [9.17, 15) is 9.59 Å². The molecular weight excluding hydrogens is 432 g/mol. The van der Waals surface area contributed by atoms with Crippen LogP contribution in [0, 0.1) is 0 Å². The summed E-state index contributed by atoms with van der Waals surface area (Å²) in [6.45, 7) is 0.144. The summed E-state index contributed by atoms with van der Waals surface area (Å²) in [6, 6.07) is 21.6. The van der Waals surface area contributed by atoms with E-state index < -0.39 is 11.8 Å². The first-order chi connectivity index (χ1) is 16.5. The van der Waals surface area contributed by atoms with Crippen molar-refractivity contribution in [3.05, 3.63) is 95.2 Å². The van der Waals surface area contributed by atoms with Crippen LogP contribution in [-0.4, -0.2) is 38.9 Å². The zero-order valence-electron chi connectivity index (χ0n) is 18.8. The number of hydrogen-bond acceptors (Lipinski definition) is 6. The van der Waals surface area contributed by atoms with Gasteiger partial charge in [0, 0.05) is 25.3 Å². The van der Waals surface area contributed by atoms with Crippen molar-refractivity contribution in [2.75, 3.05) is 25.8 Å². The van der Waals surface area contributed by atoms with Crippen LogP contribution in [0.15, 0.2) is 83.6 Å². The fourth-order valence-corrected chi connectivity index (χ4v) is 3.20. The zero-order valence-corrected chi connectivity index (χ0v) is 18.8. The molecule has 2 amide bonds. The summed E-state index contributed by atoms with van der Waals surface area (Å²) in [4.78, 5) is 27.6. The van der Waals surface area contributed by atoms with Gasteiger partial charge in [0.25, 0.3) is 11.8 Å². The molecule has 8 heteroatoms. The second-order valence-electron chi connectivity index (χ2n) is 7.68. The molecule has 8 nitrogen and oxygen atoms in total. The Balaban J connectivity index is 1.52. The molecule has 1 heterocycles. The number of ether oxygens (including phenoxy) is 2. The predicted molar refractivity (Wildman–Crippen MR) is 131 cm³/mol. The van der Waals surface area contributed by atoms with E-state index in [-0.39, 0.29) is 12.5 Å². The van der Waals surface area contributed by atoms with E-state index in [1.807, 2.05) is 49.3 Å². The molecule has 1 aliphatic heterocycles. The van der Waals surface area contributed by atoms with E-state index in [4.69, 9.17) is 9.47 Å². The first kappa shape index (κ1) is 22.6. The summed E-state index contributed by atoms with van der Waals surface area (Å²) in [5.41, 5.74) is 5.47. The number of hydrogen-bond donors (Lipinski definition) is 2. The molecule has 0 aliphatic carbocycles. The number of nitrogens with one attached hydrogen (secondary N) is 2. The number of anilines is 1. The summed E-state index contributed by atoms with van der Waals surface area (Å²) >= 11 is 0. The smallest absolute Gasteiger partial charge is 0.287 e. The quantitative estimate of drug-likeness (QED) is 0.323. The largest absolute Gasteiger partial charge is 0.454 e. The van der Waals surface area contributed by atoms with Crippen LogP contribution < -0.4 is 25.1 Å². The maximum Gasteiger partial charge on any atom is 0.287 e. The summed E-state index contributed by atoms with van der Waals surface area (Å²) < 4.78 is 10.7. The first-order valence-corrected chi connectivity index (χ1v) is 10.6. The lowest BCUT2D eigenvalue weighted by Gasteiger charge is -2.11. The maximum atomic E-state index is 12.9. The van der Waals surface area contributed by atoms with Gasteiger partial charge in [0.05, 0.1) is 6.21 Å². The Labute approximate surface area is 197 Å². The lowest BCUT2D eigenvalue weighted by Crippen LogP contribution is -2.32. The molecule has 0 aromatic heterocycles. The monoisotopic (exact) mass is 456 g/mol. The summed E-state index contributed by atoms with van der Waals surface area (Å²) in [7, 11) is 3.92. The minimum atomic E-state index is -0.567. The SMILES string of the molecule is CN(C)c1ccc(/C=N/NC(=O)/C(=C\c2ccc3c(c2)OCO3)NC(=O)c2ccccc2)cc1. The van der Waals surface area contributed by atoms with Crippen LogP contribution in [-0.2, 0) is 4.79 Å². The van der Waals surface area contributed by atoms with E-state index >= 15 is 0 Å². The fraction of sp³-hybridized carbons (Fsp3) is 0.115. The third-order valence-corrected chi connectivity index (χ3v) is 5.03. The van der Waals surface area contributed by atoms with Crippen molar-refractivity contribution < 1.29 is 19.1 Å². The van der Waals surface area contributed by atoms with Crippen LogP contribution >= 0.6 is 0 Å². The fourth-order valence-electron chi connectivity index (χ4n) is 3.20. The van der Waals surface area contributed by atoms with Crippen molar-refractivity contribution in [3.8, 4) is 11.5 Å². The average Bonchev–Trinajstić information content (AvgIpc) is 3.32. The summed E-state index contributed by atoms with van der Waals surface area (Å²) in [6.07, 6.45) is 3.09. The minimum Gasteiger partial charge on any atom is -0.454 e. The first-order valence-electron chi connectivity index (χ1n) is 10.6. The highest BCUT2D eigenvalue weighted by Crippen LogP contribution is 2.33. The molecule has 0 unspecified atom stereocenters. The third-order valence-electron chi connectivity index (χ3n) is 5.03. The van der Waals surface area contributed by atoms with Gasteiger partial charge >= 0.3 is 0 Å². The van der Waals surface area contributed by atoms with Crippen molar-refractivity contribution in [2.24, 2.45) is 5.10 Å². The van der Waals surface area contributed by atoms with Crippen LogP contribution in [0.25, 0.3) is 6.08 Å². The van der Waals surface area contributed by atoms with E-state index in [1.54, 1.807) is 48.5 Å². The molecule has 2 N–H and O–H groups in total. The lowest BCUT2D eigenvalue weighted by molar-refractivity contribution is -0.117. The van der Waals surface area contributed by atoms with E-state index in [2.05, 4.69) is 15.8 Å². The summed E-state index contributed by atoms with van der Waals surface area (Å²) in [5, 5.41) is 6.72. The van der Waals surface area contributed by atoms with Crippen LogP contribution in [0.1, 0.15) is 21.5 Å². The van der Waals surface area contributed by atoms with Gasteiger partial charge in [0.15, 0.2) is 11.5 Å². The number of carbonyl (C=O) groups is 2. The van der Waals surface area contributed by atoms with Gasteiger partial charge in [0.1, 0.15) is 5.70 Å². The minimum absolute atomic E-state index is 0.0350.